The number of hydrogen-bond acceptors (Lipinski definition) is 8. The van der Waals surface area contributed by atoms with Crippen LogP contribution < -0.4 is 14.9 Å². The minimum atomic E-state index is -3.50. The summed E-state index contributed by atoms with van der Waals surface area (Å²) >= 11 is 6.03. The minimum Gasteiger partial charge on any atom is -0.358 e. The fourth-order valence-electron chi connectivity index (χ4n) is 3.26. The molecule has 0 bridgehead atoms. The molecule has 12 nitrogen and oxygen atoms in total. The van der Waals surface area contributed by atoms with Crippen LogP contribution in [0.1, 0.15) is 10.4 Å². The Balaban J connectivity index is 1.45. The Kier molecular flexibility index (Phi) is 6.39. The van der Waals surface area contributed by atoms with Crippen molar-refractivity contribution >= 4 is 50.5 Å². The molecule has 14 heteroatoms. The SMILES string of the molecule is CN1CCN(c2cnc(-n3cc(C(=O)Nc4cc(Cl)cc(NS(C)(=O)=O)c4)cn3)nc2)CC1=O. The Morgan fingerprint density at radius 3 is 2.47 bits per heavy atom. The van der Waals surface area contributed by atoms with E-state index in [2.05, 4.69) is 25.1 Å². The predicted molar refractivity (Wildman–Crippen MR) is 127 cm³/mol. The number of amides is 2. The molecule has 1 aliphatic rings. The van der Waals surface area contributed by atoms with Gasteiger partial charge in [-0.25, -0.2) is 23.1 Å². The predicted octanol–water partition coefficient (Wildman–Crippen LogP) is 1.22. The van der Waals surface area contributed by atoms with Crippen molar-refractivity contribution in [1.29, 1.82) is 0 Å². The van der Waals surface area contributed by atoms with Crippen molar-refractivity contribution in [2.45, 2.75) is 0 Å². The largest absolute Gasteiger partial charge is 0.358 e. The number of benzene rings is 1. The number of sulfonamides is 1. The first kappa shape index (κ1) is 23.4. The van der Waals surface area contributed by atoms with Gasteiger partial charge in [-0.1, -0.05) is 11.6 Å². The highest BCUT2D eigenvalue weighted by molar-refractivity contribution is 7.92. The highest BCUT2D eigenvalue weighted by Gasteiger charge is 2.22. The molecule has 0 unspecified atom stereocenters. The molecule has 1 fully saturated rings. The number of likely N-dealkylation sites (N-methyl/N-ethyl adjacent to an activating group) is 1. The van der Waals surface area contributed by atoms with Crippen LogP contribution in [0, 0.1) is 0 Å². The van der Waals surface area contributed by atoms with Gasteiger partial charge in [0, 0.05) is 37.0 Å². The van der Waals surface area contributed by atoms with Gasteiger partial charge < -0.3 is 15.1 Å². The van der Waals surface area contributed by atoms with Crippen LogP contribution in [-0.4, -0.2) is 77.8 Å². The van der Waals surface area contributed by atoms with Crippen LogP contribution in [0.15, 0.2) is 43.0 Å². The molecule has 2 N–H and O–H groups in total. The molecular weight excluding hydrogens is 484 g/mol. The van der Waals surface area contributed by atoms with Crippen LogP contribution in [0.4, 0.5) is 17.1 Å². The summed E-state index contributed by atoms with van der Waals surface area (Å²) in [5.41, 5.74) is 1.47. The lowest BCUT2D eigenvalue weighted by molar-refractivity contribution is -0.129. The van der Waals surface area contributed by atoms with Gasteiger partial charge in [-0.05, 0) is 18.2 Å². The molecule has 2 aromatic heterocycles. The van der Waals surface area contributed by atoms with E-state index < -0.39 is 15.9 Å². The first-order chi connectivity index (χ1) is 16.1. The van der Waals surface area contributed by atoms with E-state index in [4.69, 9.17) is 11.6 Å². The average Bonchev–Trinajstić information content (AvgIpc) is 3.25. The number of halogens is 1. The normalized spacial score (nSPS) is 14.3. The molecule has 178 valence electrons. The second-order valence-electron chi connectivity index (χ2n) is 7.71. The second-order valence-corrected chi connectivity index (χ2v) is 9.89. The zero-order valence-corrected chi connectivity index (χ0v) is 19.8. The van der Waals surface area contributed by atoms with E-state index in [0.717, 1.165) is 11.9 Å². The Labute approximate surface area is 200 Å². The summed E-state index contributed by atoms with van der Waals surface area (Å²) in [6.45, 7) is 1.56. The molecule has 0 radical (unpaired) electrons. The van der Waals surface area contributed by atoms with Gasteiger partial charge in [-0.15, -0.1) is 0 Å². The molecule has 34 heavy (non-hydrogen) atoms. The molecule has 0 atom stereocenters. The molecule has 4 rings (SSSR count). The zero-order valence-electron chi connectivity index (χ0n) is 18.3. The minimum absolute atomic E-state index is 0.0250. The number of hydrogen-bond donors (Lipinski definition) is 2. The first-order valence-corrected chi connectivity index (χ1v) is 12.3. The lowest BCUT2D eigenvalue weighted by atomic mass is 10.2. The van der Waals surface area contributed by atoms with Crippen molar-refractivity contribution in [3.05, 3.63) is 53.6 Å². The molecule has 3 aromatic rings. The van der Waals surface area contributed by atoms with E-state index in [1.807, 2.05) is 4.90 Å². The number of piperazine rings is 1. The van der Waals surface area contributed by atoms with Crippen molar-refractivity contribution < 1.29 is 18.0 Å². The number of rotatable bonds is 6. The maximum atomic E-state index is 12.7. The van der Waals surface area contributed by atoms with E-state index in [-0.39, 0.29) is 34.7 Å². The van der Waals surface area contributed by atoms with Crippen molar-refractivity contribution in [3.8, 4) is 5.95 Å². The molecule has 0 saturated carbocycles. The van der Waals surface area contributed by atoms with Crippen LogP contribution in [0.2, 0.25) is 5.02 Å². The quantitative estimate of drug-likeness (QED) is 0.510. The topological polar surface area (TPSA) is 142 Å². The summed E-state index contributed by atoms with van der Waals surface area (Å²) in [7, 11) is -1.74. The Morgan fingerprint density at radius 1 is 1.09 bits per heavy atom. The molecule has 1 aliphatic heterocycles. The van der Waals surface area contributed by atoms with Gasteiger partial charge in [0.15, 0.2) is 0 Å². The summed E-state index contributed by atoms with van der Waals surface area (Å²) in [6.07, 6.45) is 7.03. The van der Waals surface area contributed by atoms with Crippen molar-refractivity contribution in [1.82, 2.24) is 24.6 Å². The molecule has 1 aromatic carbocycles. The third kappa shape index (κ3) is 5.61. The van der Waals surface area contributed by atoms with E-state index in [1.54, 1.807) is 24.3 Å². The van der Waals surface area contributed by atoms with E-state index in [9.17, 15) is 18.0 Å². The van der Waals surface area contributed by atoms with E-state index in [1.165, 1.54) is 35.3 Å². The van der Waals surface area contributed by atoms with Gasteiger partial charge in [0.1, 0.15) is 0 Å². The average molecular weight is 505 g/mol. The van der Waals surface area contributed by atoms with Gasteiger partial charge in [0.05, 0.1) is 48.3 Å². The molecule has 0 aliphatic carbocycles. The Bertz CT molecular complexity index is 1340. The standard InChI is InChI=1S/C20H21ClN8O4S/c1-27-3-4-28(12-18(27)30)17-9-22-20(23-10-17)29-11-13(8-24-29)19(31)25-15-5-14(21)6-16(7-15)26-34(2,32)33/h5-11,26H,3-4,12H2,1-2H3,(H,25,31). The van der Waals surface area contributed by atoms with Crippen molar-refractivity contribution in [2.24, 2.45) is 0 Å². The second kappa shape index (κ2) is 9.27. The molecule has 0 spiro atoms. The van der Waals surface area contributed by atoms with Crippen LogP contribution in [-0.2, 0) is 14.8 Å². The molecule has 1 saturated heterocycles. The third-order valence-electron chi connectivity index (χ3n) is 4.96. The molecule has 2 amide bonds. The zero-order chi connectivity index (χ0) is 24.5. The highest BCUT2D eigenvalue weighted by atomic mass is 35.5. The monoisotopic (exact) mass is 504 g/mol. The third-order valence-corrected chi connectivity index (χ3v) is 5.78. The maximum Gasteiger partial charge on any atom is 0.258 e. The van der Waals surface area contributed by atoms with Crippen LogP contribution in [0.25, 0.3) is 5.95 Å². The fraction of sp³-hybridized carbons (Fsp3) is 0.250. The smallest absolute Gasteiger partial charge is 0.258 e. The lowest BCUT2D eigenvalue weighted by Gasteiger charge is -2.33. The van der Waals surface area contributed by atoms with Gasteiger partial charge in [0.2, 0.25) is 15.9 Å². The number of nitrogens with one attached hydrogen (secondary N) is 2. The van der Waals surface area contributed by atoms with Gasteiger partial charge >= 0.3 is 0 Å². The number of anilines is 3. The van der Waals surface area contributed by atoms with E-state index in [0.29, 0.717) is 18.8 Å². The van der Waals surface area contributed by atoms with Gasteiger partial charge in [-0.3, -0.25) is 14.3 Å². The first-order valence-electron chi connectivity index (χ1n) is 10.0. The fourth-order valence-corrected chi connectivity index (χ4v) is 4.04. The van der Waals surface area contributed by atoms with Crippen LogP contribution >= 0.6 is 11.6 Å². The van der Waals surface area contributed by atoms with Gasteiger partial charge in [0.25, 0.3) is 11.9 Å². The molecule has 3 heterocycles. The highest BCUT2D eigenvalue weighted by Crippen LogP contribution is 2.24. The summed E-state index contributed by atoms with van der Waals surface area (Å²) in [6, 6.07) is 4.36. The number of nitrogens with zero attached hydrogens (tertiary/aromatic N) is 6. The van der Waals surface area contributed by atoms with E-state index >= 15 is 0 Å². The van der Waals surface area contributed by atoms with Crippen LogP contribution in [0.5, 0.6) is 0 Å². The van der Waals surface area contributed by atoms with Gasteiger partial charge in [-0.2, -0.15) is 5.10 Å². The number of carbonyl (C=O) groups is 2. The van der Waals surface area contributed by atoms with Crippen molar-refractivity contribution in [3.63, 3.8) is 0 Å². The number of aromatic nitrogens is 4. The summed E-state index contributed by atoms with van der Waals surface area (Å²) in [4.78, 5) is 36.7. The Hall–Kier alpha value is -3.71. The van der Waals surface area contributed by atoms with Crippen molar-refractivity contribution in [2.75, 3.05) is 47.9 Å². The lowest BCUT2D eigenvalue weighted by Crippen LogP contribution is -2.48. The van der Waals surface area contributed by atoms with Crippen LogP contribution in [0.3, 0.4) is 0 Å². The number of carbonyl (C=O) groups excluding carboxylic acids is 2. The summed E-state index contributed by atoms with van der Waals surface area (Å²) < 4.78 is 26.6. The maximum absolute atomic E-state index is 12.7. The molecular formula is C20H21ClN8O4S. The summed E-state index contributed by atoms with van der Waals surface area (Å²) in [5, 5.41) is 7.04. The summed E-state index contributed by atoms with van der Waals surface area (Å²) in [5.74, 6) is -0.200. The Morgan fingerprint density at radius 2 is 1.79 bits per heavy atom.